The Balaban J connectivity index is 1.82. The summed E-state index contributed by atoms with van der Waals surface area (Å²) in [5.41, 5.74) is 1.77. The number of thioether (sulfide) groups is 1. The fourth-order valence-electron chi connectivity index (χ4n) is 1.79. The molecule has 0 fully saturated rings. The van der Waals surface area contributed by atoms with Crippen molar-refractivity contribution in [1.82, 2.24) is 9.38 Å². The number of hydrogen-bond donors (Lipinski definition) is 0. The average molecular weight is 309 g/mol. The molecule has 2 aromatic heterocycles. The number of nitrogens with zero attached hydrogens (tertiary/aromatic N) is 2. The van der Waals surface area contributed by atoms with E-state index in [1.165, 1.54) is 0 Å². The van der Waals surface area contributed by atoms with Crippen molar-refractivity contribution in [2.45, 2.75) is 10.6 Å². The lowest BCUT2D eigenvalue weighted by atomic mass is 10.4. The predicted octanol–water partition coefficient (Wildman–Crippen LogP) is 4.93. The van der Waals surface area contributed by atoms with Gasteiger partial charge in [-0.15, -0.1) is 11.8 Å². The summed E-state index contributed by atoms with van der Waals surface area (Å²) in [6.45, 7) is 0. The smallest absolute Gasteiger partial charge is 0.138 e. The first-order valence-electron chi connectivity index (χ1n) is 5.74. The summed E-state index contributed by atoms with van der Waals surface area (Å²) < 4.78 is 1.89. The number of aromatic nitrogens is 2. The Morgan fingerprint density at radius 1 is 1.05 bits per heavy atom. The number of halogens is 2. The zero-order valence-corrected chi connectivity index (χ0v) is 12.2. The highest BCUT2D eigenvalue weighted by Gasteiger charge is 2.09. The molecular weight excluding hydrogens is 299 g/mol. The van der Waals surface area contributed by atoms with E-state index in [-0.39, 0.29) is 0 Å². The van der Waals surface area contributed by atoms with Crippen molar-refractivity contribution >= 4 is 40.6 Å². The van der Waals surface area contributed by atoms with Gasteiger partial charge in [-0.25, -0.2) is 4.98 Å². The van der Waals surface area contributed by atoms with E-state index in [1.807, 2.05) is 53.1 Å². The van der Waals surface area contributed by atoms with Gasteiger partial charge in [-0.1, -0.05) is 29.3 Å². The minimum Gasteiger partial charge on any atom is -0.290 e. The molecule has 0 saturated carbocycles. The largest absolute Gasteiger partial charge is 0.290 e. The van der Waals surface area contributed by atoms with Crippen LogP contribution in [0.2, 0.25) is 10.2 Å². The fraction of sp³-hybridized carbons (Fsp3) is 0.0714. The Kier molecular flexibility index (Phi) is 3.69. The van der Waals surface area contributed by atoms with Crippen molar-refractivity contribution in [1.29, 1.82) is 0 Å². The highest BCUT2D eigenvalue weighted by molar-refractivity contribution is 7.98. The first-order chi connectivity index (χ1) is 9.24. The van der Waals surface area contributed by atoms with Gasteiger partial charge in [-0.05, 0) is 36.4 Å². The summed E-state index contributed by atoms with van der Waals surface area (Å²) >= 11 is 13.9. The first kappa shape index (κ1) is 12.9. The van der Waals surface area contributed by atoms with Crippen molar-refractivity contribution in [3.8, 4) is 0 Å². The Labute approximate surface area is 125 Å². The predicted molar refractivity (Wildman–Crippen MR) is 81.2 cm³/mol. The highest BCUT2D eigenvalue weighted by Crippen LogP contribution is 2.27. The monoisotopic (exact) mass is 308 g/mol. The molecule has 5 heteroatoms. The molecule has 19 heavy (non-hydrogen) atoms. The van der Waals surface area contributed by atoms with Gasteiger partial charge in [0.15, 0.2) is 0 Å². The molecule has 0 aliphatic rings. The second kappa shape index (κ2) is 5.45. The van der Waals surface area contributed by atoms with Gasteiger partial charge < -0.3 is 0 Å². The molecule has 0 amide bonds. The second-order valence-corrected chi connectivity index (χ2v) is 5.86. The highest BCUT2D eigenvalue weighted by atomic mass is 35.5. The molecule has 3 rings (SSSR count). The van der Waals surface area contributed by atoms with Crippen molar-refractivity contribution in [2.24, 2.45) is 0 Å². The molecule has 0 spiro atoms. The SMILES string of the molecule is Clc1ccc(SCc2nc3ccccn3c2Cl)cc1. The number of rotatable bonds is 3. The number of benzene rings is 1. The molecule has 0 atom stereocenters. The molecule has 0 saturated heterocycles. The molecule has 0 aliphatic heterocycles. The summed E-state index contributed by atoms with van der Waals surface area (Å²) in [4.78, 5) is 5.68. The van der Waals surface area contributed by atoms with Crippen LogP contribution in [0.15, 0.2) is 53.6 Å². The zero-order valence-electron chi connectivity index (χ0n) is 9.88. The van der Waals surface area contributed by atoms with Crippen LogP contribution < -0.4 is 0 Å². The van der Waals surface area contributed by atoms with Crippen molar-refractivity contribution in [3.63, 3.8) is 0 Å². The summed E-state index contributed by atoms with van der Waals surface area (Å²) in [5.74, 6) is 0.738. The number of fused-ring (bicyclic) bond motifs is 1. The maximum absolute atomic E-state index is 6.31. The molecule has 2 nitrogen and oxygen atoms in total. The van der Waals surface area contributed by atoms with E-state index in [1.54, 1.807) is 11.8 Å². The van der Waals surface area contributed by atoms with Crippen LogP contribution in [0.3, 0.4) is 0 Å². The van der Waals surface area contributed by atoms with E-state index >= 15 is 0 Å². The molecule has 0 N–H and O–H groups in total. The van der Waals surface area contributed by atoms with Gasteiger partial charge in [-0.2, -0.15) is 0 Å². The van der Waals surface area contributed by atoms with E-state index in [0.29, 0.717) is 5.15 Å². The van der Waals surface area contributed by atoms with E-state index in [4.69, 9.17) is 23.2 Å². The first-order valence-corrected chi connectivity index (χ1v) is 7.48. The number of hydrogen-bond acceptors (Lipinski definition) is 2. The third kappa shape index (κ3) is 2.73. The van der Waals surface area contributed by atoms with Crippen LogP contribution in [0.1, 0.15) is 5.69 Å². The molecule has 0 aliphatic carbocycles. The van der Waals surface area contributed by atoms with E-state index in [0.717, 1.165) is 27.0 Å². The van der Waals surface area contributed by atoms with Crippen LogP contribution >= 0.6 is 35.0 Å². The Morgan fingerprint density at radius 3 is 2.58 bits per heavy atom. The standard InChI is InChI=1S/C14H10Cl2N2S/c15-10-4-6-11(7-5-10)19-9-12-14(16)18-8-2-1-3-13(18)17-12/h1-8H,9H2. The summed E-state index contributed by atoms with van der Waals surface area (Å²) in [6, 6.07) is 13.6. The summed E-state index contributed by atoms with van der Waals surface area (Å²) in [7, 11) is 0. The topological polar surface area (TPSA) is 17.3 Å². The van der Waals surface area contributed by atoms with Crippen LogP contribution in [0.25, 0.3) is 5.65 Å². The van der Waals surface area contributed by atoms with Gasteiger partial charge in [-0.3, -0.25) is 4.40 Å². The van der Waals surface area contributed by atoms with Crippen molar-refractivity contribution in [2.75, 3.05) is 0 Å². The molecule has 1 aromatic carbocycles. The van der Waals surface area contributed by atoms with Gasteiger partial charge in [0.25, 0.3) is 0 Å². The van der Waals surface area contributed by atoms with Crippen LogP contribution in [-0.4, -0.2) is 9.38 Å². The van der Waals surface area contributed by atoms with Gasteiger partial charge in [0.05, 0.1) is 5.69 Å². The summed E-state index contributed by atoms with van der Waals surface area (Å²) in [5, 5.41) is 1.42. The lowest BCUT2D eigenvalue weighted by Crippen LogP contribution is -1.83. The minimum atomic E-state index is 0.678. The lowest BCUT2D eigenvalue weighted by molar-refractivity contribution is 1.18. The van der Waals surface area contributed by atoms with E-state index in [9.17, 15) is 0 Å². The van der Waals surface area contributed by atoms with E-state index in [2.05, 4.69) is 4.98 Å². The third-order valence-corrected chi connectivity index (χ3v) is 4.40. The maximum atomic E-state index is 6.31. The third-order valence-electron chi connectivity index (χ3n) is 2.73. The normalized spacial score (nSPS) is 11.1. The zero-order chi connectivity index (χ0) is 13.2. The van der Waals surface area contributed by atoms with Gasteiger partial charge in [0.1, 0.15) is 10.8 Å². The quantitative estimate of drug-likeness (QED) is 0.638. The molecule has 0 unspecified atom stereocenters. The van der Waals surface area contributed by atoms with Crippen LogP contribution in [0.4, 0.5) is 0 Å². The second-order valence-electron chi connectivity index (χ2n) is 4.02. The Hall–Kier alpha value is -1.16. The molecule has 0 radical (unpaired) electrons. The van der Waals surface area contributed by atoms with E-state index < -0.39 is 0 Å². The molecule has 2 heterocycles. The van der Waals surface area contributed by atoms with Crippen LogP contribution in [0, 0.1) is 0 Å². The molecule has 3 aromatic rings. The molecule has 0 bridgehead atoms. The van der Waals surface area contributed by atoms with Crippen molar-refractivity contribution < 1.29 is 0 Å². The Morgan fingerprint density at radius 2 is 1.84 bits per heavy atom. The van der Waals surface area contributed by atoms with Crippen LogP contribution in [-0.2, 0) is 5.75 Å². The number of pyridine rings is 1. The van der Waals surface area contributed by atoms with Crippen molar-refractivity contribution in [3.05, 3.63) is 64.5 Å². The van der Waals surface area contributed by atoms with Gasteiger partial charge in [0.2, 0.25) is 0 Å². The molecule has 96 valence electrons. The lowest BCUT2D eigenvalue weighted by Gasteiger charge is -2.00. The van der Waals surface area contributed by atoms with Gasteiger partial charge >= 0.3 is 0 Å². The maximum Gasteiger partial charge on any atom is 0.138 e. The number of imidazole rings is 1. The fourth-order valence-corrected chi connectivity index (χ4v) is 3.08. The van der Waals surface area contributed by atoms with Gasteiger partial charge in [0, 0.05) is 21.9 Å². The Bertz CT molecular complexity index is 707. The van der Waals surface area contributed by atoms with Crippen LogP contribution in [0.5, 0.6) is 0 Å². The summed E-state index contributed by atoms with van der Waals surface area (Å²) in [6.07, 6.45) is 1.92. The average Bonchev–Trinajstić information content (AvgIpc) is 2.76. The minimum absolute atomic E-state index is 0.678. The molecular formula is C14H10Cl2N2S.